The topological polar surface area (TPSA) is 109 Å². The zero-order valence-electron chi connectivity index (χ0n) is 21.3. The highest BCUT2D eigenvalue weighted by atomic mass is 16.5. The summed E-state index contributed by atoms with van der Waals surface area (Å²) in [7, 11) is 0. The van der Waals surface area contributed by atoms with Gasteiger partial charge in [-0.05, 0) is 43.2 Å². The van der Waals surface area contributed by atoms with E-state index < -0.39 is 0 Å². The lowest BCUT2D eigenvalue weighted by molar-refractivity contribution is -0.123. The van der Waals surface area contributed by atoms with Gasteiger partial charge in [0.1, 0.15) is 11.6 Å². The lowest BCUT2D eigenvalue weighted by Gasteiger charge is -2.20. The number of hydrogen-bond donors (Lipinski definition) is 4. The third kappa shape index (κ3) is 6.25. The van der Waals surface area contributed by atoms with Crippen molar-refractivity contribution in [2.24, 2.45) is 0 Å². The van der Waals surface area contributed by atoms with E-state index in [1.807, 2.05) is 38.1 Å². The molecule has 2 aromatic carbocycles. The summed E-state index contributed by atoms with van der Waals surface area (Å²) >= 11 is 0. The highest BCUT2D eigenvalue weighted by Crippen LogP contribution is 2.30. The van der Waals surface area contributed by atoms with Crippen LogP contribution in [0.5, 0.6) is 5.75 Å². The molecular weight excluding hydrogens is 468 g/mol. The Labute approximate surface area is 217 Å². The van der Waals surface area contributed by atoms with Crippen molar-refractivity contribution in [3.63, 3.8) is 0 Å². The number of amides is 1. The van der Waals surface area contributed by atoms with Gasteiger partial charge in [-0.15, -0.1) is 0 Å². The number of hydrazine groups is 1. The van der Waals surface area contributed by atoms with Gasteiger partial charge in [0, 0.05) is 48.3 Å². The fourth-order valence-corrected chi connectivity index (χ4v) is 4.43. The normalized spacial score (nSPS) is 16.2. The summed E-state index contributed by atoms with van der Waals surface area (Å²) < 4.78 is 11.5. The highest BCUT2D eigenvalue weighted by molar-refractivity contribution is 5.77. The van der Waals surface area contributed by atoms with Gasteiger partial charge in [-0.25, -0.2) is 9.97 Å². The van der Waals surface area contributed by atoms with E-state index in [0.717, 1.165) is 54.3 Å². The van der Waals surface area contributed by atoms with E-state index >= 15 is 0 Å². The van der Waals surface area contributed by atoms with Crippen LogP contribution in [-0.4, -0.2) is 48.2 Å². The quantitative estimate of drug-likeness (QED) is 0.352. The van der Waals surface area contributed by atoms with Crippen LogP contribution in [0.2, 0.25) is 0 Å². The van der Waals surface area contributed by atoms with Gasteiger partial charge in [0.15, 0.2) is 12.4 Å². The Kier molecular flexibility index (Phi) is 7.93. The van der Waals surface area contributed by atoms with Crippen LogP contribution >= 0.6 is 0 Å². The molecule has 1 atom stereocenters. The van der Waals surface area contributed by atoms with E-state index in [4.69, 9.17) is 19.4 Å². The molecule has 1 unspecified atom stereocenters. The van der Waals surface area contributed by atoms with Crippen LogP contribution in [0.1, 0.15) is 43.0 Å². The summed E-state index contributed by atoms with van der Waals surface area (Å²) in [5, 5.41) is 6.41. The first kappa shape index (κ1) is 25.1. The molecule has 2 aliphatic rings. The maximum absolute atomic E-state index is 12.1. The van der Waals surface area contributed by atoms with E-state index in [1.165, 1.54) is 5.56 Å². The Morgan fingerprint density at radius 1 is 1.16 bits per heavy atom. The maximum atomic E-state index is 12.1. The molecular formula is C28H34N6O3. The smallest absolute Gasteiger partial charge is 0.258 e. The fraction of sp³-hybridized carbons (Fsp3) is 0.393. The molecule has 0 bridgehead atoms. The van der Waals surface area contributed by atoms with Gasteiger partial charge in [-0.2, -0.15) is 0 Å². The Morgan fingerprint density at radius 3 is 2.76 bits per heavy atom. The molecule has 3 aromatic rings. The third-order valence-electron chi connectivity index (χ3n) is 6.77. The van der Waals surface area contributed by atoms with Gasteiger partial charge in [-0.1, -0.05) is 31.2 Å². The summed E-state index contributed by atoms with van der Waals surface area (Å²) in [6.07, 6.45) is 1.60. The summed E-state index contributed by atoms with van der Waals surface area (Å²) in [5.74, 6) is 2.29. The van der Waals surface area contributed by atoms with Crippen molar-refractivity contribution < 1.29 is 14.3 Å². The maximum Gasteiger partial charge on any atom is 0.258 e. The minimum Gasteiger partial charge on any atom is -0.484 e. The standard InChI is InChI=1S/C28H34N6O3/c1-3-18(2)31-26(35)17-37-23-6-4-5-20(13-23)27-33-25-11-12-36-16-24(25)28(34-27)32-22-9-7-19(8-10-22)21-14-29-30-15-21/h4-10,13,18,21,29-30H,3,11-12,14-17H2,1-2H3,(H,31,35)(H,32,33,34). The van der Waals surface area contributed by atoms with Crippen LogP contribution in [0, 0.1) is 0 Å². The molecule has 5 rings (SSSR count). The van der Waals surface area contributed by atoms with Crippen molar-refractivity contribution in [3.8, 4) is 17.1 Å². The van der Waals surface area contributed by atoms with E-state index in [1.54, 1.807) is 0 Å². The van der Waals surface area contributed by atoms with Gasteiger partial charge < -0.3 is 20.1 Å². The Hall–Kier alpha value is -3.53. The second kappa shape index (κ2) is 11.7. The van der Waals surface area contributed by atoms with E-state index in [9.17, 15) is 4.79 Å². The molecule has 0 radical (unpaired) electrons. The van der Waals surface area contributed by atoms with Crippen molar-refractivity contribution >= 4 is 17.4 Å². The molecule has 3 heterocycles. The number of nitrogens with one attached hydrogen (secondary N) is 4. The zero-order valence-corrected chi connectivity index (χ0v) is 21.3. The van der Waals surface area contributed by atoms with E-state index in [-0.39, 0.29) is 18.6 Å². The molecule has 194 valence electrons. The average Bonchev–Trinajstić information content (AvgIpc) is 3.47. The van der Waals surface area contributed by atoms with Crippen molar-refractivity contribution in [2.75, 3.05) is 31.6 Å². The number of fused-ring (bicyclic) bond motifs is 1. The predicted octanol–water partition coefficient (Wildman–Crippen LogP) is 3.44. The van der Waals surface area contributed by atoms with E-state index in [2.05, 4.69) is 45.8 Å². The lowest BCUT2D eigenvalue weighted by Crippen LogP contribution is -2.35. The van der Waals surface area contributed by atoms with Gasteiger partial charge >= 0.3 is 0 Å². The number of nitrogens with zero attached hydrogens (tertiary/aromatic N) is 2. The van der Waals surface area contributed by atoms with Crippen molar-refractivity contribution in [3.05, 3.63) is 65.4 Å². The van der Waals surface area contributed by atoms with Crippen molar-refractivity contribution in [1.29, 1.82) is 0 Å². The molecule has 0 saturated carbocycles. The number of rotatable bonds is 9. The van der Waals surface area contributed by atoms with Crippen LogP contribution in [0.4, 0.5) is 11.5 Å². The van der Waals surface area contributed by atoms with E-state index in [0.29, 0.717) is 30.7 Å². The molecule has 9 heteroatoms. The summed E-state index contributed by atoms with van der Waals surface area (Å²) in [5.41, 5.74) is 11.4. The van der Waals surface area contributed by atoms with Gasteiger partial charge in [0.25, 0.3) is 5.91 Å². The molecule has 1 amide bonds. The monoisotopic (exact) mass is 502 g/mol. The van der Waals surface area contributed by atoms with Crippen LogP contribution in [0.25, 0.3) is 11.4 Å². The van der Waals surface area contributed by atoms with Crippen molar-refractivity contribution in [1.82, 2.24) is 26.1 Å². The van der Waals surface area contributed by atoms with Gasteiger partial charge in [0.2, 0.25) is 0 Å². The summed E-state index contributed by atoms with van der Waals surface area (Å²) in [6, 6.07) is 16.2. The lowest BCUT2D eigenvalue weighted by atomic mass is 10.0. The first-order valence-electron chi connectivity index (χ1n) is 12.9. The molecule has 37 heavy (non-hydrogen) atoms. The first-order valence-corrected chi connectivity index (χ1v) is 12.9. The molecule has 1 saturated heterocycles. The number of hydrogen-bond acceptors (Lipinski definition) is 8. The Bertz CT molecular complexity index is 1230. The van der Waals surface area contributed by atoms with Gasteiger partial charge in [0.05, 0.1) is 18.9 Å². The highest BCUT2D eigenvalue weighted by Gasteiger charge is 2.20. The largest absolute Gasteiger partial charge is 0.484 e. The van der Waals surface area contributed by atoms with Gasteiger partial charge in [-0.3, -0.25) is 15.6 Å². The molecule has 4 N–H and O–H groups in total. The van der Waals surface area contributed by atoms with Crippen LogP contribution < -0.4 is 26.2 Å². The van der Waals surface area contributed by atoms with Crippen LogP contribution in [-0.2, 0) is 22.6 Å². The Morgan fingerprint density at radius 2 is 1.97 bits per heavy atom. The second-order valence-electron chi connectivity index (χ2n) is 9.52. The number of benzene rings is 2. The number of carbonyl (C=O) groups excluding carboxylic acids is 1. The second-order valence-corrected chi connectivity index (χ2v) is 9.52. The third-order valence-corrected chi connectivity index (χ3v) is 6.77. The molecule has 0 aliphatic carbocycles. The molecule has 1 aromatic heterocycles. The molecule has 0 spiro atoms. The number of aromatic nitrogens is 2. The SMILES string of the molecule is CCC(C)NC(=O)COc1cccc(-c2nc3c(c(Nc4ccc(C5CNNC5)cc4)n2)COCC3)c1. The molecule has 1 fully saturated rings. The fourth-order valence-electron chi connectivity index (χ4n) is 4.43. The predicted molar refractivity (Wildman–Crippen MR) is 143 cm³/mol. The number of anilines is 2. The van der Waals surface area contributed by atoms with Crippen LogP contribution in [0.15, 0.2) is 48.5 Å². The first-order chi connectivity index (χ1) is 18.1. The molecule has 9 nitrogen and oxygen atoms in total. The Balaban J connectivity index is 1.35. The minimum atomic E-state index is -0.136. The van der Waals surface area contributed by atoms with Crippen LogP contribution in [0.3, 0.4) is 0 Å². The summed E-state index contributed by atoms with van der Waals surface area (Å²) in [6.45, 7) is 6.94. The zero-order chi connectivity index (χ0) is 25.6. The minimum absolute atomic E-state index is 0.0358. The number of carbonyl (C=O) groups is 1. The average molecular weight is 503 g/mol. The number of ether oxygens (including phenoxy) is 2. The summed E-state index contributed by atoms with van der Waals surface area (Å²) in [4.78, 5) is 21.9. The molecule has 2 aliphatic heterocycles. The van der Waals surface area contributed by atoms with Crippen molar-refractivity contribution in [2.45, 2.75) is 45.3 Å².